The predicted molar refractivity (Wildman–Crippen MR) is 78.4 cm³/mol. The molecule has 0 fully saturated rings. The third-order valence-electron chi connectivity index (χ3n) is 3.34. The van der Waals surface area contributed by atoms with Gasteiger partial charge in [-0.05, 0) is 23.6 Å². The van der Waals surface area contributed by atoms with Crippen molar-refractivity contribution in [2.45, 2.75) is 44.8 Å². The van der Waals surface area contributed by atoms with Crippen LogP contribution in [0, 0.1) is 0 Å². The van der Waals surface area contributed by atoms with Gasteiger partial charge in [-0.3, -0.25) is 0 Å². The van der Waals surface area contributed by atoms with Gasteiger partial charge in [-0.2, -0.15) is 13.2 Å². The summed E-state index contributed by atoms with van der Waals surface area (Å²) in [6.07, 6.45) is -5.07. The Kier molecular flexibility index (Phi) is 6.23. The van der Waals surface area contributed by atoms with Gasteiger partial charge in [0.05, 0.1) is 25.7 Å². The molecule has 0 heterocycles. The van der Waals surface area contributed by atoms with Crippen molar-refractivity contribution < 1.29 is 17.9 Å². The number of halogens is 3. The molecule has 0 aliphatic heterocycles. The number of rotatable bonds is 6. The average molecular weight is 303 g/mol. The highest BCUT2D eigenvalue weighted by Gasteiger charge is 2.26. The van der Waals surface area contributed by atoms with Gasteiger partial charge in [0.1, 0.15) is 0 Å². The summed E-state index contributed by atoms with van der Waals surface area (Å²) in [5.41, 5.74) is 2.31. The van der Waals surface area contributed by atoms with Crippen molar-refractivity contribution in [3.63, 3.8) is 0 Å². The Morgan fingerprint density at radius 3 is 2.10 bits per heavy atom. The summed E-state index contributed by atoms with van der Waals surface area (Å²) in [5.74, 6) is 0. The predicted octanol–water partition coefficient (Wildman–Crippen LogP) is 4.21. The fraction of sp³-hybridized carbons (Fsp3) is 0.625. The minimum Gasteiger partial charge on any atom is -0.379 e. The van der Waals surface area contributed by atoms with Gasteiger partial charge < -0.3 is 10.1 Å². The maximum Gasteiger partial charge on any atom is 0.391 e. The highest BCUT2D eigenvalue weighted by Crippen LogP contribution is 2.24. The third-order valence-corrected chi connectivity index (χ3v) is 3.34. The SMILES string of the molecule is CNC(COCCC(F)(F)F)c1ccc(C(C)(C)C)cc1. The lowest BCUT2D eigenvalue weighted by Gasteiger charge is -2.21. The van der Waals surface area contributed by atoms with Gasteiger partial charge in [0.25, 0.3) is 0 Å². The van der Waals surface area contributed by atoms with Crippen molar-refractivity contribution in [1.29, 1.82) is 0 Å². The van der Waals surface area contributed by atoms with Crippen molar-refractivity contribution >= 4 is 0 Å². The van der Waals surface area contributed by atoms with Gasteiger partial charge in [0.15, 0.2) is 0 Å². The second kappa shape index (κ2) is 7.27. The van der Waals surface area contributed by atoms with Crippen LogP contribution in [0.5, 0.6) is 0 Å². The first kappa shape index (κ1) is 18.0. The minimum atomic E-state index is -4.16. The van der Waals surface area contributed by atoms with Crippen molar-refractivity contribution in [3.05, 3.63) is 35.4 Å². The van der Waals surface area contributed by atoms with Gasteiger partial charge in [0, 0.05) is 0 Å². The Morgan fingerprint density at radius 2 is 1.67 bits per heavy atom. The molecule has 0 aromatic heterocycles. The summed E-state index contributed by atoms with van der Waals surface area (Å²) >= 11 is 0. The van der Waals surface area contributed by atoms with E-state index in [1.165, 1.54) is 5.56 Å². The zero-order valence-electron chi connectivity index (χ0n) is 13.1. The van der Waals surface area contributed by atoms with Crippen molar-refractivity contribution in [1.82, 2.24) is 5.32 Å². The number of hydrogen-bond acceptors (Lipinski definition) is 2. The fourth-order valence-electron chi connectivity index (χ4n) is 1.95. The van der Waals surface area contributed by atoms with Crippen molar-refractivity contribution in [2.75, 3.05) is 20.3 Å². The van der Waals surface area contributed by atoms with Crippen LogP contribution in [0.15, 0.2) is 24.3 Å². The summed E-state index contributed by atoms with van der Waals surface area (Å²) in [5, 5.41) is 3.07. The Balaban J connectivity index is 2.56. The van der Waals surface area contributed by atoms with E-state index in [9.17, 15) is 13.2 Å². The first-order valence-corrected chi connectivity index (χ1v) is 7.05. The van der Waals surface area contributed by atoms with Gasteiger partial charge in [-0.15, -0.1) is 0 Å². The average Bonchev–Trinajstić information content (AvgIpc) is 2.37. The van der Waals surface area contributed by atoms with Crippen LogP contribution >= 0.6 is 0 Å². The molecule has 0 aliphatic rings. The molecule has 5 heteroatoms. The summed E-state index contributed by atoms with van der Waals surface area (Å²) in [7, 11) is 1.77. The highest BCUT2D eigenvalue weighted by molar-refractivity contribution is 5.29. The number of hydrogen-bond donors (Lipinski definition) is 1. The quantitative estimate of drug-likeness (QED) is 0.795. The van der Waals surface area contributed by atoms with Crippen LogP contribution in [-0.2, 0) is 10.2 Å². The summed E-state index contributed by atoms with van der Waals surface area (Å²) < 4.78 is 41.3. The lowest BCUT2D eigenvalue weighted by molar-refractivity contribution is -0.145. The molecule has 0 saturated heterocycles. The summed E-state index contributed by atoms with van der Waals surface area (Å²) in [4.78, 5) is 0. The van der Waals surface area contributed by atoms with E-state index >= 15 is 0 Å². The van der Waals surface area contributed by atoms with Crippen molar-refractivity contribution in [3.8, 4) is 0 Å². The van der Waals surface area contributed by atoms with Crippen LogP contribution in [0.2, 0.25) is 0 Å². The molecule has 1 rings (SSSR count). The topological polar surface area (TPSA) is 21.3 Å². The molecule has 1 aromatic carbocycles. The molecule has 1 atom stereocenters. The molecule has 1 N–H and O–H groups in total. The van der Waals surface area contributed by atoms with E-state index in [1.54, 1.807) is 7.05 Å². The Bertz CT molecular complexity index is 421. The number of alkyl halides is 3. The number of likely N-dealkylation sites (N-methyl/N-ethyl adjacent to an activating group) is 1. The third kappa shape index (κ3) is 6.48. The molecule has 1 aromatic rings. The first-order chi connectivity index (χ1) is 9.63. The minimum absolute atomic E-state index is 0.0802. The molecule has 21 heavy (non-hydrogen) atoms. The second-order valence-electron chi connectivity index (χ2n) is 6.15. The molecular formula is C16H24F3NO. The normalized spacial score (nSPS) is 14.2. The Hall–Kier alpha value is -1.07. The van der Waals surface area contributed by atoms with E-state index in [-0.39, 0.29) is 24.7 Å². The zero-order chi connectivity index (χ0) is 16.1. The molecule has 0 radical (unpaired) electrons. The van der Waals surface area contributed by atoms with E-state index in [1.807, 2.05) is 12.1 Å². The second-order valence-corrected chi connectivity index (χ2v) is 6.15. The van der Waals surface area contributed by atoms with Crippen molar-refractivity contribution in [2.24, 2.45) is 0 Å². The van der Waals surface area contributed by atoms with Gasteiger partial charge in [0.2, 0.25) is 0 Å². The van der Waals surface area contributed by atoms with Crippen LogP contribution < -0.4 is 5.32 Å². The molecule has 0 amide bonds. The Morgan fingerprint density at radius 1 is 1.10 bits per heavy atom. The number of benzene rings is 1. The molecule has 0 saturated carbocycles. The molecule has 1 unspecified atom stereocenters. The van der Waals surface area contributed by atoms with Gasteiger partial charge in [-0.1, -0.05) is 45.0 Å². The van der Waals surface area contributed by atoms with E-state index in [0.29, 0.717) is 0 Å². The molecule has 0 aliphatic carbocycles. The molecule has 120 valence electrons. The van der Waals surface area contributed by atoms with E-state index < -0.39 is 12.6 Å². The Labute approximate surface area is 124 Å². The molecule has 2 nitrogen and oxygen atoms in total. The largest absolute Gasteiger partial charge is 0.391 e. The lowest BCUT2D eigenvalue weighted by atomic mass is 9.86. The first-order valence-electron chi connectivity index (χ1n) is 7.05. The van der Waals surface area contributed by atoms with E-state index in [0.717, 1.165) is 5.56 Å². The molecular weight excluding hydrogens is 279 g/mol. The van der Waals surface area contributed by atoms with Crippen LogP contribution in [0.1, 0.15) is 44.4 Å². The highest BCUT2D eigenvalue weighted by atomic mass is 19.4. The van der Waals surface area contributed by atoms with E-state index in [4.69, 9.17) is 4.74 Å². The van der Waals surface area contributed by atoms with Crippen LogP contribution in [-0.4, -0.2) is 26.4 Å². The summed E-state index contributed by atoms with van der Waals surface area (Å²) in [6, 6.07) is 7.99. The van der Waals surface area contributed by atoms with Crippen LogP contribution in [0.3, 0.4) is 0 Å². The van der Waals surface area contributed by atoms with Gasteiger partial charge in [-0.25, -0.2) is 0 Å². The van der Waals surface area contributed by atoms with Crippen LogP contribution in [0.4, 0.5) is 13.2 Å². The lowest BCUT2D eigenvalue weighted by Crippen LogP contribution is -2.23. The number of nitrogens with one attached hydrogen (secondary N) is 1. The molecule has 0 spiro atoms. The summed E-state index contributed by atoms with van der Waals surface area (Å²) in [6.45, 7) is 6.33. The monoisotopic (exact) mass is 303 g/mol. The zero-order valence-corrected chi connectivity index (χ0v) is 13.1. The van der Waals surface area contributed by atoms with Gasteiger partial charge >= 0.3 is 6.18 Å². The standard InChI is InChI=1S/C16H24F3NO/c1-15(2,3)13-7-5-12(6-8-13)14(20-4)11-21-10-9-16(17,18)19/h5-8,14,20H,9-11H2,1-4H3. The smallest absolute Gasteiger partial charge is 0.379 e. The van der Waals surface area contributed by atoms with Crippen LogP contribution in [0.25, 0.3) is 0 Å². The fourth-order valence-corrected chi connectivity index (χ4v) is 1.95. The number of ether oxygens (including phenoxy) is 1. The molecule has 0 bridgehead atoms. The maximum atomic E-state index is 12.0. The maximum absolute atomic E-state index is 12.0. The van der Waals surface area contributed by atoms with E-state index in [2.05, 4.69) is 38.2 Å².